The third kappa shape index (κ3) is 4.03. The van der Waals surface area contributed by atoms with Crippen LogP contribution in [0, 0.1) is 20.8 Å². The first kappa shape index (κ1) is 22.7. The molecule has 0 aliphatic carbocycles. The Morgan fingerprint density at radius 1 is 1.06 bits per heavy atom. The van der Waals surface area contributed by atoms with E-state index >= 15 is 0 Å². The van der Waals surface area contributed by atoms with E-state index in [2.05, 4.69) is 10.4 Å². The maximum atomic E-state index is 13.9. The molecule has 0 bridgehead atoms. The van der Waals surface area contributed by atoms with Crippen LogP contribution in [0.2, 0.25) is 0 Å². The van der Waals surface area contributed by atoms with Crippen molar-refractivity contribution in [1.82, 2.24) is 15.1 Å². The number of nitrogens with one attached hydrogen (secondary N) is 1. The Hall–Kier alpha value is -4.13. The summed E-state index contributed by atoms with van der Waals surface area (Å²) >= 11 is 0. The van der Waals surface area contributed by atoms with Crippen LogP contribution in [0.4, 0.5) is 5.69 Å². The van der Waals surface area contributed by atoms with Gasteiger partial charge in [0.25, 0.3) is 5.91 Å². The van der Waals surface area contributed by atoms with Crippen LogP contribution in [0.3, 0.4) is 0 Å². The second-order valence-corrected chi connectivity index (χ2v) is 9.40. The highest BCUT2D eigenvalue weighted by molar-refractivity contribution is 6.12. The molecule has 2 amide bonds. The molecule has 3 heterocycles. The molecule has 4 aromatic rings. The van der Waals surface area contributed by atoms with Crippen LogP contribution in [0.25, 0.3) is 11.5 Å². The second kappa shape index (κ2) is 8.58. The fraction of sp³-hybridized carbons (Fsp3) is 0.250. The van der Waals surface area contributed by atoms with Gasteiger partial charge in [0.05, 0.1) is 12.8 Å². The minimum atomic E-state index is -1.19. The lowest BCUT2D eigenvalue weighted by Gasteiger charge is -2.43. The van der Waals surface area contributed by atoms with Crippen molar-refractivity contribution in [2.24, 2.45) is 0 Å². The molecule has 178 valence electrons. The first-order valence-electron chi connectivity index (χ1n) is 11.6. The molecule has 0 saturated carbocycles. The number of hydrogen-bond acceptors (Lipinski definition) is 4. The molecule has 0 radical (unpaired) electrons. The highest BCUT2D eigenvalue weighted by atomic mass is 16.3. The van der Waals surface area contributed by atoms with Gasteiger partial charge in [-0.1, -0.05) is 35.9 Å². The largest absolute Gasteiger partial charge is 0.463 e. The molecule has 0 fully saturated rings. The molecule has 7 nitrogen and oxygen atoms in total. The molecule has 0 saturated heterocycles. The molecule has 1 N–H and O–H groups in total. The van der Waals surface area contributed by atoms with Crippen molar-refractivity contribution in [3.8, 4) is 11.5 Å². The maximum Gasteiger partial charge on any atom is 0.277 e. The minimum Gasteiger partial charge on any atom is -0.463 e. The smallest absolute Gasteiger partial charge is 0.277 e. The van der Waals surface area contributed by atoms with Crippen LogP contribution in [0.5, 0.6) is 0 Å². The van der Waals surface area contributed by atoms with E-state index in [1.807, 2.05) is 63.2 Å². The van der Waals surface area contributed by atoms with Crippen LogP contribution in [-0.4, -0.2) is 27.1 Å². The number of aromatic nitrogens is 2. The molecule has 0 unspecified atom stereocenters. The number of hydrogen-bond donors (Lipinski definition) is 1. The third-order valence-corrected chi connectivity index (χ3v) is 6.70. The molecule has 35 heavy (non-hydrogen) atoms. The molecular weight excluding hydrogens is 440 g/mol. The summed E-state index contributed by atoms with van der Waals surface area (Å²) in [5.41, 5.74) is 4.75. The number of aryl methyl sites for hydroxylation is 3. The van der Waals surface area contributed by atoms with Gasteiger partial charge in [0.1, 0.15) is 16.9 Å². The van der Waals surface area contributed by atoms with E-state index in [4.69, 9.17) is 4.42 Å². The SMILES string of the molecule is Cc1cccc(CNC(=O)[C@]2(C)Cn3nc(-c4ccco4)cc3C(=O)N2c2ccc(C)c(C)c2)c1. The Morgan fingerprint density at radius 2 is 1.89 bits per heavy atom. The van der Waals surface area contributed by atoms with Gasteiger partial charge >= 0.3 is 0 Å². The van der Waals surface area contributed by atoms with Gasteiger partial charge in [-0.25, -0.2) is 0 Å². The maximum absolute atomic E-state index is 13.9. The Labute approximate surface area is 204 Å². The Bertz CT molecular complexity index is 1420. The third-order valence-electron chi connectivity index (χ3n) is 6.70. The minimum absolute atomic E-state index is 0.210. The molecule has 1 aliphatic heterocycles. The van der Waals surface area contributed by atoms with Gasteiger partial charge in [0, 0.05) is 18.3 Å². The zero-order valence-electron chi connectivity index (χ0n) is 20.3. The van der Waals surface area contributed by atoms with Crippen LogP contribution in [0.15, 0.2) is 71.3 Å². The van der Waals surface area contributed by atoms with Crippen molar-refractivity contribution in [1.29, 1.82) is 0 Å². The summed E-state index contributed by atoms with van der Waals surface area (Å²) in [5.74, 6) is 0.0485. The van der Waals surface area contributed by atoms with Gasteiger partial charge in [-0.2, -0.15) is 5.10 Å². The van der Waals surface area contributed by atoms with Crippen LogP contribution >= 0.6 is 0 Å². The van der Waals surface area contributed by atoms with E-state index < -0.39 is 5.54 Å². The first-order valence-corrected chi connectivity index (χ1v) is 11.6. The monoisotopic (exact) mass is 468 g/mol. The van der Waals surface area contributed by atoms with E-state index in [0.29, 0.717) is 29.4 Å². The van der Waals surface area contributed by atoms with E-state index in [1.165, 1.54) is 0 Å². The van der Waals surface area contributed by atoms with Crippen LogP contribution < -0.4 is 10.2 Å². The number of carbonyl (C=O) groups excluding carboxylic acids is 2. The van der Waals surface area contributed by atoms with Crippen molar-refractivity contribution in [3.63, 3.8) is 0 Å². The predicted octanol–water partition coefficient (Wildman–Crippen LogP) is 4.80. The number of rotatable bonds is 5. The fourth-order valence-electron chi connectivity index (χ4n) is 4.59. The zero-order chi connectivity index (χ0) is 24.7. The van der Waals surface area contributed by atoms with Gasteiger partial charge in [-0.3, -0.25) is 19.2 Å². The highest BCUT2D eigenvalue weighted by Gasteiger charge is 2.49. The van der Waals surface area contributed by atoms with Gasteiger partial charge in [0.15, 0.2) is 5.76 Å². The van der Waals surface area contributed by atoms with Crippen molar-refractivity contribution in [3.05, 3.63) is 94.9 Å². The number of benzene rings is 2. The molecule has 7 heteroatoms. The standard InChI is InChI=1S/C28H28N4O3/c1-18-7-5-8-21(13-18)16-29-27(34)28(4)17-31-24(15-23(30-31)25-9-6-12-35-25)26(33)32(28)22-11-10-19(2)20(3)14-22/h5-15H,16-17H2,1-4H3,(H,29,34)/t28-/m0/s1. The average molecular weight is 469 g/mol. The summed E-state index contributed by atoms with van der Waals surface area (Å²) in [6, 6.07) is 19.1. The van der Waals surface area contributed by atoms with E-state index in [1.54, 1.807) is 41.0 Å². The molecular formula is C28H28N4O3. The molecule has 5 rings (SSSR count). The first-order chi connectivity index (χ1) is 16.8. The molecule has 2 aromatic heterocycles. The lowest BCUT2D eigenvalue weighted by molar-refractivity contribution is -0.126. The van der Waals surface area contributed by atoms with E-state index in [-0.39, 0.29) is 18.4 Å². The van der Waals surface area contributed by atoms with Crippen LogP contribution in [-0.2, 0) is 17.9 Å². The summed E-state index contributed by atoms with van der Waals surface area (Å²) in [6.45, 7) is 8.42. The van der Waals surface area contributed by atoms with Crippen molar-refractivity contribution in [2.75, 3.05) is 4.90 Å². The number of fused-ring (bicyclic) bond motifs is 1. The summed E-state index contributed by atoms with van der Waals surface area (Å²) in [4.78, 5) is 29.2. The van der Waals surface area contributed by atoms with Gasteiger partial charge < -0.3 is 9.73 Å². The van der Waals surface area contributed by atoms with E-state index in [9.17, 15) is 9.59 Å². The van der Waals surface area contributed by atoms with Gasteiger partial charge in [0.2, 0.25) is 5.91 Å². The van der Waals surface area contributed by atoms with Crippen LogP contribution in [0.1, 0.15) is 39.7 Å². The Balaban J connectivity index is 1.55. The second-order valence-electron chi connectivity index (χ2n) is 9.40. The summed E-state index contributed by atoms with van der Waals surface area (Å²) < 4.78 is 7.10. The number of carbonyl (C=O) groups is 2. The highest BCUT2D eigenvalue weighted by Crippen LogP contribution is 2.35. The molecule has 1 atom stereocenters. The normalized spacial score (nSPS) is 17.4. The summed E-state index contributed by atoms with van der Waals surface area (Å²) in [7, 11) is 0. The van der Waals surface area contributed by atoms with Crippen molar-refractivity contribution in [2.45, 2.75) is 46.3 Å². The Morgan fingerprint density at radius 3 is 2.60 bits per heavy atom. The van der Waals surface area contributed by atoms with Gasteiger partial charge in [-0.15, -0.1) is 0 Å². The summed E-state index contributed by atoms with van der Waals surface area (Å²) in [6.07, 6.45) is 1.57. The Kier molecular flexibility index (Phi) is 5.55. The number of anilines is 1. The molecule has 1 aliphatic rings. The number of furan rings is 1. The lowest BCUT2D eigenvalue weighted by atomic mass is 9.93. The van der Waals surface area contributed by atoms with Crippen molar-refractivity contribution < 1.29 is 14.0 Å². The van der Waals surface area contributed by atoms with E-state index in [0.717, 1.165) is 22.3 Å². The lowest BCUT2D eigenvalue weighted by Crippen LogP contribution is -2.64. The molecule has 0 spiro atoms. The number of nitrogens with zero attached hydrogens (tertiary/aromatic N) is 3. The molecule has 2 aromatic carbocycles. The summed E-state index contributed by atoms with van der Waals surface area (Å²) in [5, 5.41) is 7.66. The number of amides is 2. The van der Waals surface area contributed by atoms with Gasteiger partial charge in [-0.05, 0) is 68.7 Å². The van der Waals surface area contributed by atoms with Crippen molar-refractivity contribution >= 4 is 17.5 Å². The quantitative estimate of drug-likeness (QED) is 0.456. The topological polar surface area (TPSA) is 80.4 Å². The predicted molar refractivity (Wildman–Crippen MR) is 134 cm³/mol. The average Bonchev–Trinajstić information content (AvgIpc) is 3.50. The fourth-order valence-corrected chi connectivity index (χ4v) is 4.59. The zero-order valence-corrected chi connectivity index (χ0v) is 20.3.